The minimum absolute atomic E-state index is 0.260. The van der Waals surface area contributed by atoms with Crippen LogP contribution in [0.1, 0.15) is 5.56 Å². The molecule has 0 saturated heterocycles. The molecule has 4 heterocycles. The van der Waals surface area contributed by atoms with Gasteiger partial charge in [-0.15, -0.1) is 0 Å². The summed E-state index contributed by atoms with van der Waals surface area (Å²) in [5, 5.41) is 6.23. The van der Waals surface area contributed by atoms with Crippen LogP contribution in [0.2, 0.25) is 0 Å². The first-order valence-electron chi connectivity index (χ1n) is 10.0. The Morgan fingerprint density at radius 1 is 1.06 bits per heavy atom. The maximum atomic E-state index is 13.1. The average Bonchev–Trinajstić information content (AvgIpc) is 3.29. The lowest BCUT2D eigenvalue weighted by Crippen LogP contribution is -2.22. The summed E-state index contributed by atoms with van der Waals surface area (Å²) in [6.45, 7) is 0.836. The minimum atomic E-state index is -0.337. The van der Waals surface area contributed by atoms with Gasteiger partial charge in [-0.3, -0.25) is 14.3 Å². The van der Waals surface area contributed by atoms with E-state index in [1.54, 1.807) is 43.7 Å². The van der Waals surface area contributed by atoms with Crippen LogP contribution < -0.4 is 20.9 Å². The molecule has 9 heteroatoms. The van der Waals surface area contributed by atoms with Crippen molar-refractivity contribution in [2.75, 3.05) is 17.2 Å². The number of fused-ring (bicyclic) bond motifs is 1. The fourth-order valence-electron chi connectivity index (χ4n) is 3.50. The molecule has 0 aliphatic carbocycles. The van der Waals surface area contributed by atoms with E-state index in [0.717, 1.165) is 30.1 Å². The molecule has 2 N–H and O–H groups in total. The molecular weight excluding hydrogens is 411 g/mol. The number of hydrogen-bond acceptors (Lipinski definition) is 7. The van der Waals surface area contributed by atoms with Gasteiger partial charge in [-0.25, -0.2) is 14.4 Å². The van der Waals surface area contributed by atoms with Gasteiger partial charge in [0.25, 0.3) is 5.56 Å². The summed E-state index contributed by atoms with van der Waals surface area (Å²) >= 11 is 0. The molecular formula is C23H19FN6O2. The van der Waals surface area contributed by atoms with E-state index in [9.17, 15) is 9.18 Å². The van der Waals surface area contributed by atoms with Crippen LogP contribution in [-0.4, -0.2) is 26.1 Å². The number of ether oxygens (including phenoxy) is 1. The van der Waals surface area contributed by atoms with Crippen molar-refractivity contribution in [1.29, 1.82) is 0 Å². The Labute approximate surface area is 182 Å². The van der Waals surface area contributed by atoms with Gasteiger partial charge in [0, 0.05) is 37.2 Å². The normalized spacial score (nSPS) is 12.2. The minimum Gasteiger partial charge on any atom is -0.455 e. The monoisotopic (exact) mass is 430 g/mol. The molecule has 8 nitrogen and oxygen atoms in total. The van der Waals surface area contributed by atoms with Gasteiger partial charge in [0.1, 0.15) is 23.1 Å². The quantitative estimate of drug-likeness (QED) is 0.496. The van der Waals surface area contributed by atoms with E-state index in [2.05, 4.69) is 25.6 Å². The van der Waals surface area contributed by atoms with E-state index in [-0.39, 0.29) is 11.4 Å². The van der Waals surface area contributed by atoms with E-state index >= 15 is 0 Å². The summed E-state index contributed by atoms with van der Waals surface area (Å²) in [6.07, 6.45) is 5.60. The van der Waals surface area contributed by atoms with Crippen LogP contribution in [0.15, 0.2) is 65.8 Å². The Hall–Kier alpha value is -4.27. The van der Waals surface area contributed by atoms with Gasteiger partial charge >= 0.3 is 0 Å². The summed E-state index contributed by atoms with van der Waals surface area (Å²) < 4.78 is 20.5. The van der Waals surface area contributed by atoms with Crippen LogP contribution in [0.3, 0.4) is 0 Å². The smallest absolute Gasteiger partial charge is 0.264 e. The molecule has 0 amide bonds. The molecule has 1 aromatic carbocycles. The van der Waals surface area contributed by atoms with Crippen molar-refractivity contribution in [2.45, 2.75) is 6.42 Å². The highest BCUT2D eigenvalue weighted by Crippen LogP contribution is 2.32. The molecule has 0 radical (unpaired) electrons. The summed E-state index contributed by atoms with van der Waals surface area (Å²) in [5.41, 5.74) is 2.25. The second-order valence-corrected chi connectivity index (χ2v) is 7.29. The lowest BCUT2D eigenvalue weighted by atomic mass is 10.2. The number of hydrogen-bond donors (Lipinski definition) is 2. The van der Waals surface area contributed by atoms with Gasteiger partial charge in [-0.2, -0.15) is 0 Å². The van der Waals surface area contributed by atoms with Gasteiger partial charge in [-0.1, -0.05) is 0 Å². The van der Waals surface area contributed by atoms with Crippen molar-refractivity contribution in [1.82, 2.24) is 19.5 Å². The van der Waals surface area contributed by atoms with Crippen molar-refractivity contribution in [2.24, 2.45) is 7.05 Å². The molecule has 0 bridgehead atoms. The van der Waals surface area contributed by atoms with Gasteiger partial charge in [0.2, 0.25) is 5.95 Å². The van der Waals surface area contributed by atoms with Crippen LogP contribution in [0, 0.1) is 5.82 Å². The fourth-order valence-corrected chi connectivity index (χ4v) is 3.50. The van der Waals surface area contributed by atoms with E-state index < -0.39 is 0 Å². The fraction of sp³-hybridized carbons (Fsp3) is 0.130. The number of halogens is 1. The van der Waals surface area contributed by atoms with Gasteiger partial charge in [0.05, 0.1) is 17.5 Å². The summed E-state index contributed by atoms with van der Waals surface area (Å²) in [6, 6.07) is 11.1. The van der Waals surface area contributed by atoms with Gasteiger partial charge in [0.15, 0.2) is 0 Å². The second kappa shape index (κ2) is 8.10. The van der Waals surface area contributed by atoms with Crippen molar-refractivity contribution in [3.8, 4) is 22.8 Å². The Bertz CT molecular complexity index is 1340. The Kier molecular flexibility index (Phi) is 4.98. The van der Waals surface area contributed by atoms with Crippen molar-refractivity contribution >= 4 is 17.5 Å². The predicted octanol–water partition coefficient (Wildman–Crippen LogP) is 3.88. The van der Waals surface area contributed by atoms with Crippen LogP contribution >= 0.6 is 0 Å². The Balaban J connectivity index is 1.37. The predicted molar refractivity (Wildman–Crippen MR) is 119 cm³/mol. The molecule has 4 aromatic rings. The standard InChI is InChI=1S/C23H19FN6O2/c1-30-22(31)18(13-28-23(30)29-15-4-2-14(24)3-5-15)19-7-6-16(12-27-19)32-20-9-11-26-21-17(20)8-10-25-21/h2-7,9,11-13H,8,10H2,1H3,(H,25,26)(H,28,29). The third-order valence-corrected chi connectivity index (χ3v) is 5.19. The molecule has 3 aromatic heterocycles. The van der Waals surface area contributed by atoms with Crippen molar-refractivity contribution in [3.05, 3.63) is 82.8 Å². The average molecular weight is 430 g/mol. The number of pyridine rings is 2. The highest BCUT2D eigenvalue weighted by Gasteiger charge is 2.17. The summed E-state index contributed by atoms with van der Waals surface area (Å²) in [5.74, 6) is 2.15. The summed E-state index contributed by atoms with van der Waals surface area (Å²) in [4.78, 5) is 25.9. The van der Waals surface area contributed by atoms with Crippen LogP contribution in [0.25, 0.3) is 11.3 Å². The van der Waals surface area contributed by atoms with E-state index in [1.165, 1.54) is 22.9 Å². The maximum absolute atomic E-state index is 13.1. The van der Waals surface area contributed by atoms with Crippen LogP contribution in [-0.2, 0) is 13.5 Å². The molecule has 160 valence electrons. The molecule has 1 aliphatic heterocycles. The van der Waals surface area contributed by atoms with Crippen molar-refractivity contribution in [3.63, 3.8) is 0 Å². The molecule has 0 spiro atoms. The number of benzene rings is 1. The first-order chi connectivity index (χ1) is 15.6. The molecule has 0 saturated carbocycles. The van der Waals surface area contributed by atoms with Gasteiger partial charge < -0.3 is 15.4 Å². The van der Waals surface area contributed by atoms with Crippen LogP contribution in [0.5, 0.6) is 11.5 Å². The molecule has 5 rings (SSSR count). The molecule has 32 heavy (non-hydrogen) atoms. The molecule has 0 unspecified atom stereocenters. The molecule has 1 aliphatic rings. The number of anilines is 3. The highest BCUT2D eigenvalue weighted by molar-refractivity contribution is 5.61. The number of nitrogens with zero attached hydrogens (tertiary/aromatic N) is 4. The number of nitrogens with one attached hydrogen (secondary N) is 2. The van der Waals surface area contributed by atoms with E-state index in [4.69, 9.17) is 4.74 Å². The zero-order chi connectivity index (χ0) is 22.1. The lowest BCUT2D eigenvalue weighted by Gasteiger charge is -2.12. The Morgan fingerprint density at radius 2 is 1.91 bits per heavy atom. The molecule has 0 fully saturated rings. The first-order valence-corrected chi connectivity index (χ1v) is 10.0. The lowest BCUT2D eigenvalue weighted by molar-refractivity contribution is 0.475. The summed E-state index contributed by atoms with van der Waals surface area (Å²) in [7, 11) is 1.61. The highest BCUT2D eigenvalue weighted by atomic mass is 19.1. The zero-order valence-corrected chi connectivity index (χ0v) is 17.2. The SMILES string of the molecule is Cn1c(Nc2ccc(F)cc2)ncc(-c2ccc(Oc3ccnc4c3CCN4)cn2)c1=O. The topological polar surface area (TPSA) is 94.0 Å². The zero-order valence-electron chi connectivity index (χ0n) is 17.2. The third kappa shape index (κ3) is 3.76. The van der Waals surface area contributed by atoms with Crippen molar-refractivity contribution < 1.29 is 9.13 Å². The van der Waals surface area contributed by atoms with E-state index in [1.807, 2.05) is 6.07 Å². The number of rotatable bonds is 5. The number of aromatic nitrogens is 4. The second-order valence-electron chi connectivity index (χ2n) is 7.29. The van der Waals surface area contributed by atoms with Gasteiger partial charge in [-0.05, 0) is 48.9 Å². The Morgan fingerprint density at radius 3 is 2.69 bits per heavy atom. The van der Waals surface area contributed by atoms with Crippen LogP contribution in [0.4, 0.5) is 21.8 Å². The maximum Gasteiger partial charge on any atom is 0.264 e. The van der Waals surface area contributed by atoms with E-state index in [0.29, 0.717) is 28.6 Å². The molecule has 0 atom stereocenters. The third-order valence-electron chi connectivity index (χ3n) is 5.19. The largest absolute Gasteiger partial charge is 0.455 e. The first kappa shape index (κ1) is 19.7.